The molecule has 14 heavy (non-hydrogen) atoms. The summed E-state index contributed by atoms with van der Waals surface area (Å²) < 4.78 is 0. The van der Waals surface area contributed by atoms with E-state index in [4.69, 9.17) is 21.6 Å². The lowest BCUT2D eigenvalue weighted by atomic mass is 9.98. The second-order valence-corrected chi connectivity index (χ2v) is 4.07. The van der Waals surface area contributed by atoms with Crippen LogP contribution in [0.5, 0.6) is 0 Å². The molecule has 3 unspecified atom stereocenters. The summed E-state index contributed by atoms with van der Waals surface area (Å²) in [5.74, 6) is 1.09. The Morgan fingerprint density at radius 1 is 1.64 bits per heavy atom. The zero-order valence-corrected chi connectivity index (χ0v) is 8.87. The molecule has 2 aliphatic rings. The van der Waals surface area contributed by atoms with Gasteiger partial charge in [0.15, 0.2) is 0 Å². The highest BCUT2D eigenvalue weighted by Crippen LogP contribution is 2.45. The molecular weight excluding hydrogens is 204 g/mol. The number of oxime groups is 1. The van der Waals surface area contributed by atoms with Gasteiger partial charge in [-0.1, -0.05) is 5.16 Å². The molecule has 1 amide bonds. The Balaban J connectivity index is 0.000000213. The van der Waals surface area contributed by atoms with E-state index in [2.05, 4.69) is 10.5 Å². The van der Waals surface area contributed by atoms with Crippen LogP contribution in [0.1, 0.15) is 19.3 Å². The van der Waals surface area contributed by atoms with Crippen molar-refractivity contribution in [2.45, 2.75) is 24.6 Å². The standard InChI is InChI=1S/C7H10ClNO.C2H5NO/c8-6-4-1-2-5(3-4)7(6)9-10;1-3-2-4/h4-6,10H,1-3H2;2H,1H3,(H,3,4). The maximum Gasteiger partial charge on any atom is 0.206 e. The number of alkyl halides is 1. The lowest BCUT2D eigenvalue weighted by Gasteiger charge is -2.15. The quantitative estimate of drug-likeness (QED) is 0.301. The molecule has 3 atom stereocenters. The van der Waals surface area contributed by atoms with Gasteiger partial charge in [0.2, 0.25) is 6.41 Å². The molecule has 2 fully saturated rings. The molecule has 4 nitrogen and oxygen atoms in total. The average Bonchev–Trinajstić information content (AvgIpc) is 2.78. The summed E-state index contributed by atoms with van der Waals surface area (Å²) >= 11 is 5.98. The topological polar surface area (TPSA) is 61.7 Å². The molecule has 2 N–H and O–H groups in total. The Morgan fingerprint density at radius 3 is 2.57 bits per heavy atom. The second-order valence-electron chi connectivity index (χ2n) is 3.60. The van der Waals surface area contributed by atoms with Crippen LogP contribution >= 0.6 is 11.6 Å². The molecule has 0 aromatic heterocycles. The number of nitrogens with one attached hydrogen (secondary N) is 1. The van der Waals surface area contributed by atoms with Crippen molar-refractivity contribution in [3.05, 3.63) is 0 Å². The number of halogens is 1. The Bertz CT molecular complexity index is 229. The Labute approximate surface area is 88.3 Å². The fraction of sp³-hybridized carbons (Fsp3) is 0.778. The van der Waals surface area contributed by atoms with Gasteiger partial charge >= 0.3 is 0 Å². The number of hydrogen-bond donors (Lipinski definition) is 2. The van der Waals surface area contributed by atoms with Crippen LogP contribution in [0.15, 0.2) is 5.16 Å². The number of fused-ring (bicyclic) bond motifs is 2. The second kappa shape index (κ2) is 5.20. The first kappa shape index (κ1) is 11.3. The molecule has 2 aliphatic carbocycles. The van der Waals surface area contributed by atoms with Gasteiger partial charge in [0.25, 0.3) is 0 Å². The zero-order valence-electron chi connectivity index (χ0n) is 8.11. The van der Waals surface area contributed by atoms with Gasteiger partial charge in [-0.05, 0) is 25.2 Å². The van der Waals surface area contributed by atoms with Crippen LogP contribution in [0.2, 0.25) is 0 Å². The molecule has 0 aliphatic heterocycles. The number of nitrogens with zero attached hydrogens (tertiary/aromatic N) is 1. The zero-order chi connectivity index (χ0) is 10.6. The van der Waals surface area contributed by atoms with Gasteiger partial charge < -0.3 is 10.5 Å². The van der Waals surface area contributed by atoms with Crippen LogP contribution in [0.4, 0.5) is 0 Å². The minimum atomic E-state index is 0.0312. The van der Waals surface area contributed by atoms with Crippen molar-refractivity contribution >= 4 is 23.7 Å². The van der Waals surface area contributed by atoms with Crippen molar-refractivity contribution in [1.29, 1.82) is 0 Å². The maximum absolute atomic E-state index is 9.06. The molecule has 0 saturated heterocycles. The van der Waals surface area contributed by atoms with E-state index >= 15 is 0 Å². The maximum atomic E-state index is 9.06. The smallest absolute Gasteiger partial charge is 0.206 e. The summed E-state index contributed by atoms with van der Waals surface area (Å²) in [5.41, 5.74) is 0.831. The molecule has 80 valence electrons. The third-order valence-electron chi connectivity index (χ3n) is 2.82. The fourth-order valence-electron chi connectivity index (χ4n) is 2.15. The van der Waals surface area contributed by atoms with E-state index in [0.717, 1.165) is 12.1 Å². The van der Waals surface area contributed by atoms with Gasteiger partial charge in [0.05, 0.1) is 11.1 Å². The van der Waals surface area contributed by atoms with Gasteiger partial charge in [-0.2, -0.15) is 0 Å². The Kier molecular flexibility index (Phi) is 4.20. The summed E-state index contributed by atoms with van der Waals surface area (Å²) in [6.45, 7) is 0. The minimum absolute atomic E-state index is 0.0312. The van der Waals surface area contributed by atoms with Gasteiger partial charge in [0, 0.05) is 13.0 Å². The van der Waals surface area contributed by atoms with Crippen molar-refractivity contribution in [3.63, 3.8) is 0 Å². The molecule has 2 saturated carbocycles. The fourth-order valence-corrected chi connectivity index (χ4v) is 2.60. The van der Waals surface area contributed by atoms with Crippen molar-refractivity contribution in [2.75, 3.05) is 7.05 Å². The minimum Gasteiger partial charge on any atom is -0.411 e. The van der Waals surface area contributed by atoms with Crippen LogP contribution < -0.4 is 5.32 Å². The van der Waals surface area contributed by atoms with Crippen LogP contribution in [-0.2, 0) is 4.79 Å². The number of carbonyl (C=O) groups excluding carboxylic acids is 1. The molecule has 2 rings (SSSR count). The molecule has 5 heteroatoms. The first-order valence-corrected chi connectivity index (χ1v) is 5.15. The summed E-state index contributed by atoms with van der Waals surface area (Å²) in [6.07, 6.45) is 4.17. The average molecular weight is 219 g/mol. The monoisotopic (exact) mass is 218 g/mol. The van der Waals surface area contributed by atoms with E-state index in [9.17, 15) is 0 Å². The van der Waals surface area contributed by atoms with Crippen LogP contribution in [0.25, 0.3) is 0 Å². The summed E-state index contributed by atoms with van der Waals surface area (Å²) in [5, 5.41) is 14.1. The van der Waals surface area contributed by atoms with Gasteiger partial charge in [-0.15, -0.1) is 11.6 Å². The molecular formula is C9H15ClN2O2. The van der Waals surface area contributed by atoms with E-state index in [-0.39, 0.29) is 5.38 Å². The molecule has 0 radical (unpaired) electrons. The van der Waals surface area contributed by atoms with Crippen LogP contribution in [-0.4, -0.2) is 29.8 Å². The van der Waals surface area contributed by atoms with Crippen molar-refractivity contribution in [2.24, 2.45) is 17.0 Å². The number of rotatable bonds is 1. The van der Waals surface area contributed by atoms with E-state index in [1.807, 2.05) is 0 Å². The number of carbonyl (C=O) groups is 1. The van der Waals surface area contributed by atoms with Crippen molar-refractivity contribution < 1.29 is 10.0 Å². The van der Waals surface area contributed by atoms with E-state index in [1.165, 1.54) is 12.8 Å². The van der Waals surface area contributed by atoms with Crippen LogP contribution in [0.3, 0.4) is 0 Å². The van der Waals surface area contributed by atoms with E-state index < -0.39 is 0 Å². The lowest BCUT2D eigenvalue weighted by molar-refractivity contribution is -0.109. The summed E-state index contributed by atoms with van der Waals surface area (Å²) in [6, 6.07) is 0. The SMILES string of the molecule is CNC=O.ON=C1C2CCC(C2)C1Cl. The normalized spacial score (nSPS) is 36.4. The summed E-state index contributed by atoms with van der Waals surface area (Å²) in [4.78, 5) is 9.06. The first-order chi connectivity index (χ1) is 6.74. The van der Waals surface area contributed by atoms with Crippen LogP contribution in [0, 0.1) is 11.8 Å². The Hall–Kier alpha value is -0.770. The number of amides is 1. The predicted octanol–water partition coefficient (Wildman–Crippen LogP) is 1.22. The van der Waals surface area contributed by atoms with Gasteiger partial charge in [0.1, 0.15) is 0 Å². The molecule has 0 spiro atoms. The highest BCUT2D eigenvalue weighted by molar-refractivity contribution is 6.33. The predicted molar refractivity (Wildman–Crippen MR) is 54.8 cm³/mol. The third-order valence-corrected chi connectivity index (χ3v) is 3.40. The Morgan fingerprint density at radius 2 is 2.29 bits per heavy atom. The summed E-state index contributed by atoms with van der Waals surface area (Å²) in [7, 11) is 1.56. The van der Waals surface area contributed by atoms with Crippen molar-refractivity contribution in [3.8, 4) is 0 Å². The van der Waals surface area contributed by atoms with Gasteiger partial charge in [-0.3, -0.25) is 4.79 Å². The van der Waals surface area contributed by atoms with Crippen molar-refractivity contribution in [1.82, 2.24) is 5.32 Å². The molecule has 2 bridgehead atoms. The van der Waals surface area contributed by atoms with Gasteiger partial charge in [-0.25, -0.2) is 0 Å². The highest BCUT2D eigenvalue weighted by Gasteiger charge is 2.44. The van der Waals surface area contributed by atoms with E-state index in [0.29, 0.717) is 18.2 Å². The first-order valence-electron chi connectivity index (χ1n) is 4.71. The molecule has 0 aromatic rings. The third kappa shape index (κ3) is 2.18. The molecule has 0 aromatic carbocycles. The highest BCUT2D eigenvalue weighted by atomic mass is 35.5. The lowest BCUT2D eigenvalue weighted by Crippen LogP contribution is -2.22. The number of hydrogen-bond acceptors (Lipinski definition) is 3. The largest absolute Gasteiger partial charge is 0.411 e. The van der Waals surface area contributed by atoms with E-state index in [1.54, 1.807) is 7.05 Å². The molecule has 0 heterocycles.